The molecule has 0 saturated carbocycles. The van der Waals surface area contributed by atoms with Crippen LogP contribution >= 0.6 is 0 Å². The van der Waals surface area contributed by atoms with E-state index in [0.29, 0.717) is 24.8 Å². The number of hydrogen-bond donors (Lipinski definition) is 1. The second-order valence-electron chi connectivity index (χ2n) is 8.49. The maximum atomic E-state index is 14.0. The van der Waals surface area contributed by atoms with Crippen LogP contribution < -0.4 is 5.32 Å². The molecular weight excluding hydrogens is 383 g/mol. The maximum Gasteiger partial charge on any atom is 0.194 e. The zero-order valence-corrected chi connectivity index (χ0v) is 18.7. The largest absolute Gasteiger partial charge is 0.376 e. The first-order valence-electron chi connectivity index (χ1n) is 11.2. The Bertz CT molecular complexity index is 684. The third-order valence-corrected chi connectivity index (χ3v) is 5.63. The number of piperidine rings is 1. The molecule has 1 N–H and O–H groups in total. The Balaban J connectivity index is 1.53. The van der Waals surface area contributed by atoms with Crippen LogP contribution in [0.1, 0.15) is 43.7 Å². The number of guanidine groups is 1. The van der Waals surface area contributed by atoms with Crippen molar-refractivity contribution in [2.24, 2.45) is 4.99 Å². The van der Waals surface area contributed by atoms with Gasteiger partial charge in [-0.1, -0.05) is 6.07 Å². The van der Waals surface area contributed by atoms with E-state index in [1.165, 1.54) is 0 Å². The van der Waals surface area contributed by atoms with Crippen molar-refractivity contribution in [3.05, 3.63) is 35.1 Å². The van der Waals surface area contributed by atoms with E-state index >= 15 is 0 Å². The van der Waals surface area contributed by atoms with Crippen LogP contribution in [0.5, 0.6) is 0 Å². The monoisotopic (exact) mass is 420 g/mol. The van der Waals surface area contributed by atoms with Crippen LogP contribution in [0.25, 0.3) is 0 Å². The lowest BCUT2D eigenvalue weighted by Crippen LogP contribution is -2.47. The van der Waals surface area contributed by atoms with Gasteiger partial charge in [0.05, 0.1) is 25.4 Å². The number of benzene rings is 1. The molecule has 2 saturated heterocycles. The molecule has 2 aliphatic heterocycles. The summed E-state index contributed by atoms with van der Waals surface area (Å²) in [4.78, 5) is 9.10. The molecule has 2 fully saturated rings. The van der Waals surface area contributed by atoms with Gasteiger partial charge in [0.25, 0.3) is 0 Å². The highest BCUT2D eigenvalue weighted by atomic mass is 19.1. The zero-order valence-electron chi connectivity index (χ0n) is 18.7. The van der Waals surface area contributed by atoms with Crippen molar-refractivity contribution < 1.29 is 13.9 Å². The molecule has 7 heteroatoms. The Morgan fingerprint density at radius 1 is 1.30 bits per heavy atom. The molecule has 0 aliphatic carbocycles. The van der Waals surface area contributed by atoms with Crippen molar-refractivity contribution in [2.45, 2.75) is 57.9 Å². The normalized spacial score (nSPS) is 20.9. The standard InChI is InChI=1S/C23H37FN4O2/c1-4-25-23(26-15-18-7-8-22(24)19(14-18)16-27(2)3)28-11-9-20(10-12-28)30-17-21-6-5-13-29-21/h7-8,14,20-21H,4-6,9-13,15-17H2,1-3H3,(H,25,26). The minimum Gasteiger partial charge on any atom is -0.376 e. The number of rotatable bonds is 8. The molecule has 168 valence electrons. The van der Waals surface area contributed by atoms with E-state index < -0.39 is 0 Å². The Hall–Kier alpha value is -1.70. The van der Waals surface area contributed by atoms with Gasteiger partial charge in [0, 0.05) is 38.3 Å². The Morgan fingerprint density at radius 3 is 2.77 bits per heavy atom. The lowest BCUT2D eigenvalue weighted by atomic mass is 10.1. The summed E-state index contributed by atoms with van der Waals surface area (Å²) in [5, 5.41) is 3.41. The van der Waals surface area contributed by atoms with Gasteiger partial charge in [-0.15, -0.1) is 0 Å². The van der Waals surface area contributed by atoms with Crippen LogP contribution in [-0.2, 0) is 22.6 Å². The second kappa shape index (κ2) is 11.6. The average Bonchev–Trinajstić information content (AvgIpc) is 3.25. The molecule has 0 amide bonds. The van der Waals surface area contributed by atoms with Crippen LogP contribution in [0.4, 0.5) is 4.39 Å². The molecule has 30 heavy (non-hydrogen) atoms. The van der Waals surface area contributed by atoms with Crippen molar-refractivity contribution in [3.8, 4) is 0 Å². The second-order valence-corrected chi connectivity index (χ2v) is 8.49. The van der Waals surface area contributed by atoms with Gasteiger partial charge >= 0.3 is 0 Å². The average molecular weight is 421 g/mol. The topological polar surface area (TPSA) is 49.3 Å². The minimum absolute atomic E-state index is 0.159. The minimum atomic E-state index is -0.159. The number of hydrogen-bond acceptors (Lipinski definition) is 4. The molecule has 0 radical (unpaired) electrons. The number of ether oxygens (including phenoxy) is 2. The zero-order chi connectivity index (χ0) is 21.3. The van der Waals surface area contributed by atoms with E-state index in [2.05, 4.69) is 17.1 Å². The molecule has 1 aromatic rings. The van der Waals surface area contributed by atoms with Gasteiger partial charge in [0.15, 0.2) is 5.96 Å². The van der Waals surface area contributed by atoms with E-state index in [1.807, 2.05) is 31.1 Å². The Morgan fingerprint density at radius 2 is 2.10 bits per heavy atom. The van der Waals surface area contributed by atoms with Crippen LogP contribution in [-0.4, -0.2) is 74.9 Å². The molecule has 1 atom stereocenters. The summed E-state index contributed by atoms with van der Waals surface area (Å²) in [7, 11) is 3.89. The highest BCUT2D eigenvalue weighted by Crippen LogP contribution is 2.18. The summed E-state index contributed by atoms with van der Waals surface area (Å²) in [5.41, 5.74) is 1.74. The molecule has 1 unspecified atom stereocenters. The maximum absolute atomic E-state index is 14.0. The number of aliphatic imine (C=N–C) groups is 1. The number of nitrogens with one attached hydrogen (secondary N) is 1. The van der Waals surface area contributed by atoms with Crippen LogP contribution in [0.2, 0.25) is 0 Å². The Kier molecular flexibility index (Phi) is 8.90. The fraction of sp³-hybridized carbons (Fsp3) is 0.696. The predicted octanol–water partition coefficient (Wildman–Crippen LogP) is 3.01. The molecule has 6 nitrogen and oxygen atoms in total. The quantitative estimate of drug-likeness (QED) is 0.518. The third-order valence-electron chi connectivity index (χ3n) is 5.63. The summed E-state index contributed by atoms with van der Waals surface area (Å²) < 4.78 is 25.8. The van der Waals surface area contributed by atoms with Gasteiger partial charge in [-0.25, -0.2) is 9.38 Å². The van der Waals surface area contributed by atoms with Crippen molar-refractivity contribution >= 4 is 5.96 Å². The first-order valence-corrected chi connectivity index (χ1v) is 11.2. The predicted molar refractivity (Wildman–Crippen MR) is 118 cm³/mol. The summed E-state index contributed by atoms with van der Waals surface area (Å²) in [5.74, 6) is 0.766. The van der Waals surface area contributed by atoms with Gasteiger partial charge in [-0.3, -0.25) is 0 Å². The fourth-order valence-corrected chi connectivity index (χ4v) is 4.03. The van der Waals surface area contributed by atoms with E-state index in [1.54, 1.807) is 6.07 Å². The summed E-state index contributed by atoms with van der Waals surface area (Å²) in [6.07, 6.45) is 4.87. The van der Waals surface area contributed by atoms with Crippen molar-refractivity contribution in [1.82, 2.24) is 15.1 Å². The third kappa shape index (κ3) is 6.93. The van der Waals surface area contributed by atoms with Gasteiger partial charge in [-0.05, 0) is 64.4 Å². The smallest absolute Gasteiger partial charge is 0.194 e. The van der Waals surface area contributed by atoms with Gasteiger partial charge < -0.3 is 24.6 Å². The van der Waals surface area contributed by atoms with Crippen molar-refractivity contribution in [2.75, 3.05) is 46.9 Å². The summed E-state index contributed by atoms with van der Waals surface area (Å²) in [6.45, 7) is 7.48. The summed E-state index contributed by atoms with van der Waals surface area (Å²) in [6, 6.07) is 5.30. The molecule has 2 heterocycles. The van der Waals surface area contributed by atoms with E-state index in [9.17, 15) is 4.39 Å². The molecule has 1 aromatic carbocycles. The molecule has 2 aliphatic rings. The molecule has 0 bridgehead atoms. The van der Waals surface area contributed by atoms with E-state index in [-0.39, 0.29) is 11.9 Å². The van der Waals surface area contributed by atoms with Gasteiger partial charge in [-0.2, -0.15) is 0 Å². The molecule has 3 rings (SSSR count). The highest BCUT2D eigenvalue weighted by Gasteiger charge is 2.24. The SMILES string of the molecule is CCNC(=NCc1ccc(F)c(CN(C)C)c1)N1CCC(OCC2CCCO2)CC1. The highest BCUT2D eigenvalue weighted by molar-refractivity contribution is 5.80. The van der Waals surface area contributed by atoms with Crippen LogP contribution in [0.3, 0.4) is 0 Å². The van der Waals surface area contributed by atoms with E-state index in [4.69, 9.17) is 14.5 Å². The number of halogens is 1. The lowest BCUT2D eigenvalue weighted by Gasteiger charge is -2.34. The number of nitrogens with zero attached hydrogens (tertiary/aromatic N) is 3. The fourth-order valence-electron chi connectivity index (χ4n) is 4.03. The van der Waals surface area contributed by atoms with Gasteiger partial charge in [0.2, 0.25) is 0 Å². The first-order chi connectivity index (χ1) is 14.5. The van der Waals surface area contributed by atoms with E-state index in [0.717, 1.165) is 70.1 Å². The molecular formula is C23H37FN4O2. The van der Waals surface area contributed by atoms with Gasteiger partial charge in [0.1, 0.15) is 5.82 Å². The van der Waals surface area contributed by atoms with Crippen LogP contribution in [0.15, 0.2) is 23.2 Å². The Labute approximate surface area is 180 Å². The van der Waals surface area contributed by atoms with Crippen molar-refractivity contribution in [1.29, 1.82) is 0 Å². The first kappa shape index (κ1) is 23.0. The lowest BCUT2D eigenvalue weighted by molar-refractivity contribution is -0.0367. The molecule has 0 aromatic heterocycles. The van der Waals surface area contributed by atoms with Crippen molar-refractivity contribution in [3.63, 3.8) is 0 Å². The molecule has 0 spiro atoms. The summed E-state index contributed by atoms with van der Waals surface area (Å²) >= 11 is 0. The van der Waals surface area contributed by atoms with Crippen LogP contribution in [0, 0.1) is 5.82 Å². The number of likely N-dealkylation sites (tertiary alicyclic amines) is 1.